The fourth-order valence-electron chi connectivity index (χ4n) is 3.00. The molecule has 2 unspecified atom stereocenters. The molecule has 0 spiro atoms. The number of likely N-dealkylation sites (tertiary alicyclic amines) is 1. The molecule has 0 amide bonds. The first-order chi connectivity index (χ1) is 8.57. The molecule has 2 N–H and O–H groups in total. The van der Waals surface area contributed by atoms with Crippen molar-refractivity contribution in [2.75, 3.05) is 27.2 Å². The summed E-state index contributed by atoms with van der Waals surface area (Å²) < 4.78 is 0. The lowest BCUT2D eigenvalue weighted by Crippen LogP contribution is -2.53. The fraction of sp³-hybridized carbons (Fsp3) is 0.600. The van der Waals surface area contributed by atoms with Crippen LogP contribution in [0.15, 0.2) is 30.3 Å². The largest absolute Gasteiger partial charge is 0.329 e. The number of hydrogen-bond acceptors (Lipinski definition) is 3. The van der Waals surface area contributed by atoms with Crippen molar-refractivity contribution >= 4 is 0 Å². The summed E-state index contributed by atoms with van der Waals surface area (Å²) >= 11 is 0. The summed E-state index contributed by atoms with van der Waals surface area (Å²) in [5.74, 6) is 0. The van der Waals surface area contributed by atoms with Gasteiger partial charge in [0, 0.05) is 31.2 Å². The van der Waals surface area contributed by atoms with Crippen molar-refractivity contribution in [3.05, 3.63) is 35.9 Å². The summed E-state index contributed by atoms with van der Waals surface area (Å²) in [4.78, 5) is 4.84. The van der Waals surface area contributed by atoms with Gasteiger partial charge in [0.2, 0.25) is 0 Å². The third kappa shape index (κ3) is 2.58. The Morgan fingerprint density at radius 2 is 2.06 bits per heavy atom. The Labute approximate surface area is 111 Å². The molecule has 1 aliphatic rings. The molecular weight excluding hydrogens is 222 g/mol. The molecular formula is C15H25N3. The Bertz CT molecular complexity index is 367. The van der Waals surface area contributed by atoms with Gasteiger partial charge in [-0.15, -0.1) is 0 Å². The molecule has 0 saturated carbocycles. The van der Waals surface area contributed by atoms with E-state index >= 15 is 0 Å². The summed E-state index contributed by atoms with van der Waals surface area (Å²) in [6.45, 7) is 5.05. The highest BCUT2D eigenvalue weighted by Crippen LogP contribution is 2.30. The first-order valence-electron chi connectivity index (χ1n) is 6.73. The van der Waals surface area contributed by atoms with E-state index in [2.05, 4.69) is 61.2 Å². The molecule has 1 heterocycles. The molecule has 1 saturated heterocycles. The Morgan fingerprint density at radius 1 is 1.39 bits per heavy atom. The molecule has 0 radical (unpaired) electrons. The zero-order chi connectivity index (χ0) is 13.2. The van der Waals surface area contributed by atoms with Gasteiger partial charge >= 0.3 is 0 Å². The van der Waals surface area contributed by atoms with Gasteiger partial charge in [-0.25, -0.2) is 0 Å². The smallest absolute Gasteiger partial charge is 0.0473 e. The second kappa shape index (κ2) is 5.39. The highest BCUT2D eigenvalue weighted by Gasteiger charge is 2.42. The molecule has 0 bridgehead atoms. The molecule has 3 nitrogen and oxygen atoms in total. The fourth-order valence-corrected chi connectivity index (χ4v) is 3.00. The van der Waals surface area contributed by atoms with E-state index in [4.69, 9.17) is 5.73 Å². The SMILES string of the molecule is CC1CC(CN)(N(C)Cc2ccccc2)CN1C. The second-order valence-corrected chi connectivity index (χ2v) is 5.74. The summed E-state index contributed by atoms with van der Waals surface area (Å²) in [6.07, 6.45) is 1.16. The van der Waals surface area contributed by atoms with Crippen LogP contribution in [-0.2, 0) is 6.54 Å². The minimum atomic E-state index is 0.129. The van der Waals surface area contributed by atoms with Crippen LogP contribution in [0.4, 0.5) is 0 Å². The van der Waals surface area contributed by atoms with E-state index < -0.39 is 0 Å². The van der Waals surface area contributed by atoms with Gasteiger partial charge in [-0.2, -0.15) is 0 Å². The topological polar surface area (TPSA) is 32.5 Å². The molecule has 100 valence electrons. The maximum Gasteiger partial charge on any atom is 0.0473 e. The van der Waals surface area contributed by atoms with Crippen LogP contribution in [-0.4, -0.2) is 48.6 Å². The molecule has 0 aliphatic carbocycles. The standard InChI is InChI=1S/C15H25N3/c1-13-9-15(11-16,12-17(13)2)18(3)10-14-7-5-4-6-8-14/h4-8,13H,9-12,16H2,1-3H3. The van der Waals surface area contributed by atoms with Crippen LogP contribution in [0.1, 0.15) is 18.9 Å². The monoisotopic (exact) mass is 247 g/mol. The van der Waals surface area contributed by atoms with Crippen LogP contribution in [0.5, 0.6) is 0 Å². The maximum absolute atomic E-state index is 6.08. The van der Waals surface area contributed by atoms with Gasteiger partial charge in [0.1, 0.15) is 0 Å². The first kappa shape index (κ1) is 13.5. The van der Waals surface area contributed by atoms with Gasteiger partial charge < -0.3 is 10.6 Å². The summed E-state index contributed by atoms with van der Waals surface area (Å²) in [5, 5.41) is 0. The van der Waals surface area contributed by atoms with E-state index in [0.29, 0.717) is 6.04 Å². The van der Waals surface area contributed by atoms with Gasteiger partial charge in [-0.3, -0.25) is 4.90 Å². The quantitative estimate of drug-likeness (QED) is 0.876. The van der Waals surface area contributed by atoms with Crippen molar-refractivity contribution in [1.29, 1.82) is 0 Å². The van der Waals surface area contributed by atoms with Crippen molar-refractivity contribution in [2.24, 2.45) is 5.73 Å². The van der Waals surface area contributed by atoms with Gasteiger partial charge in [0.25, 0.3) is 0 Å². The van der Waals surface area contributed by atoms with Crippen LogP contribution in [0.2, 0.25) is 0 Å². The molecule has 1 aliphatic heterocycles. The third-order valence-electron chi connectivity index (χ3n) is 4.42. The Morgan fingerprint density at radius 3 is 2.56 bits per heavy atom. The van der Waals surface area contributed by atoms with E-state index in [1.165, 1.54) is 5.56 Å². The number of rotatable bonds is 4. The number of nitrogens with two attached hydrogens (primary N) is 1. The number of hydrogen-bond donors (Lipinski definition) is 1. The average Bonchev–Trinajstić information content (AvgIpc) is 2.68. The van der Waals surface area contributed by atoms with E-state index in [1.807, 2.05) is 0 Å². The Balaban J connectivity index is 2.09. The van der Waals surface area contributed by atoms with Crippen molar-refractivity contribution in [2.45, 2.75) is 31.5 Å². The van der Waals surface area contributed by atoms with E-state index in [1.54, 1.807) is 0 Å². The predicted molar refractivity (Wildman–Crippen MR) is 76.4 cm³/mol. The van der Waals surface area contributed by atoms with E-state index in [-0.39, 0.29) is 5.54 Å². The van der Waals surface area contributed by atoms with Crippen LogP contribution in [0.25, 0.3) is 0 Å². The minimum absolute atomic E-state index is 0.129. The normalized spacial score (nSPS) is 29.1. The van der Waals surface area contributed by atoms with Crippen LogP contribution < -0.4 is 5.73 Å². The average molecular weight is 247 g/mol. The van der Waals surface area contributed by atoms with Gasteiger partial charge in [0.15, 0.2) is 0 Å². The molecule has 0 aromatic heterocycles. The molecule has 2 rings (SSSR count). The first-order valence-corrected chi connectivity index (χ1v) is 6.73. The summed E-state index contributed by atoms with van der Waals surface area (Å²) in [5.41, 5.74) is 7.56. The molecule has 3 heteroatoms. The predicted octanol–water partition coefficient (Wildman–Crippen LogP) is 1.54. The van der Waals surface area contributed by atoms with Crippen molar-refractivity contribution in [3.8, 4) is 0 Å². The van der Waals surface area contributed by atoms with Crippen LogP contribution in [0.3, 0.4) is 0 Å². The third-order valence-corrected chi connectivity index (χ3v) is 4.42. The lowest BCUT2D eigenvalue weighted by Gasteiger charge is -2.38. The van der Waals surface area contributed by atoms with Crippen molar-refractivity contribution in [1.82, 2.24) is 9.80 Å². The van der Waals surface area contributed by atoms with Crippen molar-refractivity contribution in [3.63, 3.8) is 0 Å². The van der Waals surface area contributed by atoms with E-state index in [0.717, 1.165) is 26.1 Å². The highest BCUT2D eigenvalue weighted by atomic mass is 15.3. The Kier molecular flexibility index (Phi) is 4.05. The zero-order valence-corrected chi connectivity index (χ0v) is 11.8. The van der Waals surface area contributed by atoms with Gasteiger partial charge in [0.05, 0.1) is 0 Å². The molecule has 18 heavy (non-hydrogen) atoms. The highest BCUT2D eigenvalue weighted by molar-refractivity contribution is 5.15. The van der Waals surface area contributed by atoms with Crippen LogP contribution >= 0.6 is 0 Å². The number of likely N-dealkylation sites (N-methyl/N-ethyl adjacent to an activating group) is 2. The number of nitrogens with zero attached hydrogens (tertiary/aromatic N) is 2. The lowest BCUT2D eigenvalue weighted by atomic mass is 9.94. The lowest BCUT2D eigenvalue weighted by molar-refractivity contribution is 0.126. The molecule has 2 atom stereocenters. The van der Waals surface area contributed by atoms with Crippen molar-refractivity contribution < 1.29 is 0 Å². The maximum atomic E-state index is 6.08. The van der Waals surface area contributed by atoms with E-state index in [9.17, 15) is 0 Å². The molecule has 1 aromatic rings. The molecule has 1 aromatic carbocycles. The molecule has 1 fully saturated rings. The minimum Gasteiger partial charge on any atom is -0.329 e. The van der Waals surface area contributed by atoms with Gasteiger partial charge in [-0.1, -0.05) is 30.3 Å². The Hall–Kier alpha value is -0.900. The summed E-state index contributed by atoms with van der Waals surface area (Å²) in [6, 6.07) is 11.2. The number of benzene rings is 1. The second-order valence-electron chi connectivity index (χ2n) is 5.74. The van der Waals surface area contributed by atoms with Crippen LogP contribution in [0, 0.1) is 0 Å². The van der Waals surface area contributed by atoms with Gasteiger partial charge in [-0.05, 0) is 33.0 Å². The zero-order valence-electron chi connectivity index (χ0n) is 11.8. The summed E-state index contributed by atoms with van der Waals surface area (Å²) in [7, 11) is 4.39.